The second kappa shape index (κ2) is 7.52. The highest BCUT2D eigenvalue weighted by molar-refractivity contribution is 7.87. The van der Waals surface area contributed by atoms with Crippen molar-refractivity contribution in [1.82, 2.24) is 9.03 Å². The first kappa shape index (κ1) is 18.1. The van der Waals surface area contributed by atoms with E-state index in [2.05, 4.69) is 9.46 Å². The van der Waals surface area contributed by atoms with Crippen LogP contribution in [0.2, 0.25) is 0 Å². The van der Waals surface area contributed by atoms with Crippen LogP contribution in [-0.2, 0) is 21.5 Å². The van der Waals surface area contributed by atoms with E-state index in [1.807, 2.05) is 0 Å². The van der Waals surface area contributed by atoms with Crippen LogP contribution in [-0.4, -0.2) is 44.6 Å². The molecule has 1 N–H and O–H groups in total. The summed E-state index contributed by atoms with van der Waals surface area (Å²) in [5.74, 6) is -0.0473. The van der Waals surface area contributed by atoms with Crippen LogP contribution in [0.5, 0.6) is 5.75 Å². The first-order valence-corrected chi connectivity index (χ1v) is 8.65. The van der Waals surface area contributed by atoms with Crippen molar-refractivity contribution >= 4 is 10.2 Å². The Morgan fingerprint density at radius 3 is 2.52 bits per heavy atom. The van der Waals surface area contributed by atoms with E-state index in [1.165, 1.54) is 16.4 Å². The van der Waals surface area contributed by atoms with Crippen LogP contribution >= 0.6 is 0 Å². The minimum Gasteiger partial charge on any atom is -0.434 e. The van der Waals surface area contributed by atoms with Gasteiger partial charge in [-0.05, 0) is 19.9 Å². The van der Waals surface area contributed by atoms with Gasteiger partial charge in [0, 0.05) is 25.2 Å². The average molecular weight is 350 g/mol. The Balaban J connectivity index is 2.05. The van der Waals surface area contributed by atoms with E-state index < -0.39 is 16.8 Å². The fraction of sp³-hybridized carbons (Fsp3) is 0.571. The Kier molecular flexibility index (Phi) is 5.90. The monoisotopic (exact) mass is 350 g/mol. The fourth-order valence-electron chi connectivity index (χ4n) is 2.45. The van der Waals surface area contributed by atoms with Crippen LogP contribution in [0.3, 0.4) is 0 Å². The summed E-state index contributed by atoms with van der Waals surface area (Å²) >= 11 is 0. The van der Waals surface area contributed by atoms with Crippen LogP contribution in [0, 0.1) is 0 Å². The number of nitrogens with zero attached hydrogens (tertiary/aromatic N) is 1. The topological polar surface area (TPSA) is 67.9 Å². The molecule has 1 aromatic rings. The molecule has 1 aromatic carbocycles. The molecule has 1 aliphatic heterocycles. The van der Waals surface area contributed by atoms with Gasteiger partial charge in [0.2, 0.25) is 0 Å². The highest BCUT2D eigenvalue weighted by atomic mass is 32.2. The molecule has 6 nitrogen and oxygen atoms in total. The predicted octanol–water partition coefficient (Wildman–Crippen LogP) is 1.73. The van der Waals surface area contributed by atoms with E-state index in [4.69, 9.17) is 4.74 Å². The van der Waals surface area contributed by atoms with Gasteiger partial charge in [0.25, 0.3) is 10.2 Å². The number of halogens is 2. The number of nitrogens with one attached hydrogen (secondary N) is 1. The molecule has 0 aromatic heterocycles. The maximum atomic E-state index is 12.4. The molecule has 2 rings (SSSR count). The summed E-state index contributed by atoms with van der Waals surface area (Å²) in [6.45, 7) is 0.983. The largest absolute Gasteiger partial charge is 0.434 e. The van der Waals surface area contributed by atoms with Crippen LogP contribution in [0.1, 0.15) is 19.4 Å². The molecule has 2 atom stereocenters. The smallest absolute Gasteiger partial charge is 0.387 e. The fourth-order valence-corrected chi connectivity index (χ4v) is 3.78. The molecular formula is C14H20F2N2O4S. The first-order valence-electron chi connectivity index (χ1n) is 7.21. The Morgan fingerprint density at radius 2 is 1.91 bits per heavy atom. The van der Waals surface area contributed by atoms with Crippen molar-refractivity contribution in [3.63, 3.8) is 0 Å². The molecule has 0 amide bonds. The molecule has 1 fully saturated rings. The molecule has 0 spiro atoms. The summed E-state index contributed by atoms with van der Waals surface area (Å²) in [7, 11) is -3.73. The van der Waals surface area contributed by atoms with Gasteiger partial charge in [-0.1, -0.05) is 18.2 Å². The highest BCUT2D eigenvalue weighted by Crippen LogP contribution is 2.21. The summed E-state index contributed by atoms with van der Waals surface area (Å²) in [6.07, 6.45) is -0.408. The lowest BCUT2D eigenvalue weighted by Crippen LogP contribution is -2.51. The summed E-state index contributed by atoms with van der Waals surface area (Å²) in [6, 6.07) is 6.07. The Hall–Kier alpha value is -1.29. The van der Waals surface area contributed by atoms with E-state index in [0.29, 0.717) is 5.56 Å². The predicted molar refractivity (Wildman–Crippen MR) is 80.4 cm³/mol. The highest BCUT2D eigenvalue weighted by Gasteiger charge is 2.30. The van der Waals surface area contributed by atoms with E-state index in [1.54, 1.807) is 26.0 Å². The normalized spacial score (nSPS) is 23.2. The third-order valence-corrected chi connectivity index (χ3v) is 4.85. The van der Waals surface area contributed by atoms with Gasteiger partial charge in [0.1, 0.15) is 5.75 Å². The van der Waals surface area contributed by atoms with Crippen molar-refractivity contribution in [2.75, 3.05) is 13.1 Å². The summed E-state index contributed by atoms with van der Waals surface area (Å²) in [5.41, 5.74) is 0.339. The van der Waals surface area contributed by atoms with E-state index in [9.17, 15) is 17.2 Å². The van der Waals surface area contributed by atoms with E-state index in [0.717, 1.165) is 0 Å². The quantitative estimate of drug-likeness (QED) is 0.848. The van der Waals surface area contributed by atoms with Gasteiger partial charge in [-0.2, -0.15) is 26.2 Å². The second-order valence-electron chi connectivity index (χ2n) is 5.39. The zero-order valence-electron chi connectivity index (χ0n) is 12.9. The van der Waals surface area contributed by atoms with Crippen LogP contribution in [0.25, 0.3) is 0 Å². The molecule has 0 saturated carbocycles. The Bertz CT molecular complexity index is 617. The van der Waals surface area contributed by atoms with Gasteiger partial charge in [-0.25, -0.2) is 0 Å². The maximum absolute atomic E-state index is 12.4. The summed E-state index contributed by atoms with van der Waals surface area (Å²) in [4.78, 5) is 0. The van der Waals surface area contributed by atoms with Crippen molar-refractivity contribution in [3.8, 4) is 5.75 Å². The average Bonchev–Trinajstić information content (AvgIpc) is 2.45. The minimum absolute atomic E-state index is 0.0473. The van der Waals surface area contributed by atoms with Gasteiger partial charge in [0.15, 0.2) is 0 Å². The van der Waals surface area contributed by atoms with Crippen molar-refractivity contribution in [3.05, 3.63) is 29.8 Å². The van der Waals surface area contributed by atoms with Gasteiger partial charge < -0.3 is 9.47 Å². The lowest BCUT2D eigenvalue weighted by Gasteiger charge is -2.34. The van der Waals surface area contributed by atoms with E-state index in [-0.39, 0.29) is 37.6 Å². The van der Waals surface area contributed by atoms with E-state index >= 15 is 0 Å². The summed E-state index contributed by atoms with van der Waals surface area (Å²) < 4.78 is 63.0. The number of alkyl halides is 2. The van der Waals surface area contributed by atoms with Crippen molar-refractivity contribution in [2.45, 2.75) is 39.2 Å². The molecule has 0 unspecified atom stereocenters. The number of ether oxygens (including phenoxy) is 2. The van der Waals surface area contributed by atoms with Gasteiger partial charge in [0.05, 0.1) is 12.2 Å². The molecular weight excluding hydrogens is 330 g/mol. The number of rotatable bonds is 6. The van der Waals surface area contributed by atoms with Gasteiger partial charge >= 0.3 is 6.61 Å². The number of morpholine rings is 1. The number of hydrogen-bond acceptors (Lipinski definition) is 4. The second-order valence-corrected chi connectivity index (χ2v) is 7.14. The van der Waals surface area contributed by atoms with Crippen LogP contribution < -0.4 is 9.46 Å². The third kappa shape index (κ3) is 5.10. The van der Waals surface area contributed by atoms with Gasteiger partial charge in [-0.15, -0.1) is 0 Å². The van der Waals surface area contributed by atoms with Crippen molar-refractivity contribution in [2.24, 2.45) is 0 Å². The molecule has 0 aliphatic carbocycles. The lowest BCUT2D eigenvalue weighted by atomic mass is 10.2. The Labute approximate surface area is 134 Å². The van der Waals surface area contributed by atoms with Crippen molar-refractivity contribution < 1.29 is 26.7 Å². The standard InChI is InChI=1S/C14H20F2N2O4S/c1-10-8-18(9-11(2)21-10)23(19,20)17-7-12-5-3-4-6-13(12)22-14(15)16/h3-6,10-11,14,17H,7-9H2,1-2H3/t10-,11+. The SMILES string of the molecule is C[C@@H]1CN(S(=O)(=O)NCc2ccccc2OC(F)F)C[C@H](C)O1. The number of benzene rings is 1. The number of para-hydroxylation sites is 1. The molecule has 1 aliphatic rings. The zero-order chi connectivity index (χ0) is 17.0. The van der Waals surface area contributed by atoms with Crippen LogP contribution in [0.15, 0.2) is 24.3 Å². The molecule has 1 heterocycles. The van der Waals surface area contributed by atoms with Crippen molar-refractivity contribution in [1.29, 1.82) is 0 Å². The minimum atomic E-state index is -3.73. The van der Waals surface area contributed by atoms with Crippen LogP contribution in [0.4, 0.5) is 8.78 Å². The molecule has 23 heavy (non-hydrogen) atoms. The molecule has 1 saturated heterocycles. The molecule has 9 heteroatoms. The first-order chi connectivity index (χ1) is 10.8. The number of hydrogen-bond donors (Lipinski definition) is 1. The maximum Gasteiger partial charge on any atom is 0.387 e. The van der Waals surface area contributed by atoms with Gasteiger partial charge in [-0.3, -0.25) is 0 Å². The molecule has 0 bridgehead atoms. The summed E-state index contributed by atoms with van der Waals surface area (Å²) in [5, 5.41) is 0. The third-order valence-electron chi connectivity index (χ3n) is 3.36. The molecule has 0 radical (unpaired) electrons. The molecule has 130 valence electrons. The lowest BCUT2D eigenvalue weighted by molar-refractivity contribution is -0.0505. The Morgan fingerprint density at radius 1 is 1.30 bits per heavy atom. The zero-order valence-corrected chi connectivity index (χ0v) is 13.7.